The lowest BCUT2D eigenvalue weighted by Crippen LogP contribution is -2.39. The van der Waals surface area contributed by atoms with Crippen LogP contribution >= 0.6 is 35.6 Å². The number of rotatable bonds is 5. The summed E-state index contributed by atoms with van der Waals surface area (Å²) in [7, 11) is 0. The predicted molar refractivity (Wildman–Crippen MR) is 108 cm³/mol. The van der Waals surface area contributed by atoms with Crippen molar-refractivity contribution in [3.63, 3.8) is 0 Å². The molecule has 1 fully saturated rings. The number of aliphatic imine (C=N–C) groups is 1. The van der Waals surface area contributed by atoms with E-state index in [1.54, 1.807) is 0 Å². The van der Waals surface area contributed by atoms with Crippen LogP contribution in [-0.2, 0) is 0 Å². The second-order valence-corrected chi connectivity index (χ2v) is 6.27. The molecule has 0 aliphatic heterocycles. The summed E-state index contributed by atoms with van der Waals surface area (Å²) in [6.45, 7) is 5.57. The zero-order valence-corrected chi connectivity index (χ0v) is 16.8. The summed E-state index contributed by atoms with van der Waals surface area (Å²) in [4.78, 5) is 4.63. The van der Waals surface area contributed by atoms with Crippen molar-refractivity contribution < 1.29 is 5.11 Å². The molecule has 0 heterocycles. The van der Waals surface area contributed by atoms with Crippen molar-refractivity contribution in [3.8, 4) is 0 Å². The number of benzene rings is 1. The van der Waals surface area contributed by atoms with E-state index in [0.29, 0.717) is 6.54 Å². The van der Waals surface area contributed by atoms with Gasteiger partial charge in [0.2, 0.25) is 0 Å². The summed E-state index contributed by atoms with van der Waals surface area (Å²) < 4.78 is 0. The summed E-state index contributed by atoms with van der Waals surface area (Å²) >= 11 is 6.25. The molecule has 0 radical (unpaired) electrons. The zero-order chi connectivity index (χ0) is 15.9. The Kier molecular flexibility index (Phi) is 9.24. The maximum absolute atomic E-state index is 9.90. The monoisotopic (exact) mass is 451 g/mol. The topological polar surface area (TPSA) is 56.7 Å². The van der Waals surface area contributed by atoms with Crippen LogP contribution in [0.15, 0.2) is 29.3 Å². The first-order chi connectivity index (χ1) is 10.6. The molecular weight excluding hydrogens is 425 g/mol. The minimum atomic E-state index is -0.201. The van der Waals surface area contributed by atoms with Crippen LogP contribution in [0.25, 0.3) is 0 Å². The molecule has 1 aliphatic rings. The maximum atomic E-state index is 9.90. The maximum Gasteiger partial charge on any atom is 0.191 e. The predicted octanol–water partition coefficient (Wildman–Crippen LogP) is 3.74. The fraction of sp³-hybridized carbons (Fsp3) is 0.588. The van der Waals surface area contributed by atoms with E-state index in [1.807, 2.05) is 31.2 Å². The van der Waals surface area contributed by atoms with E-state index in [-0.39, 0.29) is 42.0 Å². The van der Waals surface area contributed by atoms with Gasteiger partial charge >= 0.3 is 0 Å². The highest BCUT2D eigenvalue weighted by Gasteiger charge is 2.24. The largest absolute Gasteiger partial charge is 0.393 e. The molecule has 2 rings (SSSR count). The number of aliphatic hydroxyl groups is 1. The van der Waals surface area contributed by atoms with E-state index in [4.69, 9.17) is 11.6 Å². The van der Waals surface area contributed by atoms with Crippen LogP contribution in [0.5, 0.6) is 0 Å². The van der Waals surface area contributed by atoms with Crippen molar-refractivity contribution in [1.29, 1.82) is 0 Å². The molecule has 0 saturated heterocycles. The van der Waals surface area contributed by atoms with Crippen molar-refractivity contribution in [3.05, 3.63) is 34.9 Å². The first kappa shape index (κ1) is 20.5. The van der Waals surface area contributed by atoms with E-state index in [9.17, 15) is 5.11 Å². The van der Waals surface area contributed by atoms with E-state index in [2.05, 4.69) is 22.5 Å². The Morgan fingerprint density at radius 3 is 2.74 bits per heavy atom. The number of aliphatic hydroxyl groups excluding tert-OH is 1. The number of nitrogens with zero attached hydrogens (tertiary/aromatic N) is 1. The molecule has 3 N–H and O–H groups in total. The fourth-order valence-corrected chi connectivity index (χ4v) is 3.17. The summed E-state index contributed by atoms with van der Waals surface area (Å²) in [5.41, 5.74) is 1.05. The van der Waals surface area contributed by atoms with Gasteiger partial charge in [-0.05, 0) is 38.3 Å². The Morgan fingerprint density at radius 2 is 2.13 bits per heavy atom. The number of hydrogen-bond donors (Lipinski definition) is 3. The third-order valence-corrected chi connectivity index (χ3v) is 4.52. The molecule has 3 unspecified atom stereocenters. The Bertz CT molecular complexity index is 512. The highest BCUT2D eigenvalue weighted by molar-refractivity contribution is 14.0. The standard InChI is InChI=1S/C17H26ClN3O.HI/c1-3-19-17(20-11-13-7-6-10-16(13)22)21-12(2)14-8-4-5-9-15(14)18;/h4-5,8-9,12-13,16,22H,3,6-7,10-11H2,1-2H3,(H2,19,20,21);1H. The Hall–Kier alpha value is -0.530. The van der Waals surface area contributed by atoms with Gasteiger partial charge in [0.1, 0.15) is 0 Å². The minimum Gasteiger partial charge on any atom is -0.393 e. The van der Waals surface area contributed by atoms with E-state index in [0.717, 1.165) is 42.4 Å². The molecule has 3 atom stereocenters. The van der Waals surface area contributed by atoms with Crippen LogP contribution in [0.1, 0.15) is 44.7 Å². The summed E-state index contributed by atoms with van der Waals surface area (Å²) in [5.74, 6) is 1.06. The van der Waals surface area contributed by atoms with E-state index < -0.39 is 0 Å². The molecule has 1 aromatic rings. The minimum absolute atomic E-state index is 0. The van der Waals surface area contributed by atoms with E-state index >= 15 is 0 Å². The Labute approximate surface area is 161 Å². The van der Waals surface area contributed by atoms with Crippen LogP contribution in [0.4, 0.5) is 0 Å². The number of halogens is 2. The van der Waals surface area contributed by atoms with Gasteiger partial charge in [0, 0.05) is 24.0 Å². The number of guanidine groups is 1. The first-order valence-corrected chi connectivity index (χ1v) is 8.47. The third-order valence-electron chi connectivity index (χ3n) is 4.17. The fourth-order valence-electron chi connectivity index (χ4n) is 2.87. The lowest BCUT2D eigenvalue weighted by Gasteiger charge is -2.20. The smallest absolute Gasteiger partial charge is 0.191 e. The molecule has 6 heteroatoms. The number of nitrogens with one attached hydrogen (secondary N) is 2. The van der Waals surface area contributed by atoms with Gasteiger partial charge in [-0.3, -0.25) is 4.99 Å². The van der Waals surface area contributed by atoms with Gasteiger partial charge in [0.25, 0.3) is 0 Å². The van der Waals surface area contributed by atoms with Gasteiger partial charge in [-0.25, -0.2) is 0 Å². The lowest BCUT2D eigenvalue weighted by atomic mass is 10.1. The average molecular weight is 452 g/mol. The first-order valence-electron chi connectivity index (χ1n) is 8.09. The van der Waals surface area contributed by atoms with Crippen LogP contribution in [-0.4, -0.2) is 30.3 Å². The summed E-state index contributed by atoms with van der Waals surface area (Å²) in [6, 6.07) is 7.90. The molecule has 1 aliphatic carbocycles. The van der Waals surface area contributed by atoms with Gasteiger partial charge in [0.15, 0.2) is 5.96 Å². The van der Waals surface area contributed by atoms with Crippen molar-refractivity contribution in [2.75, 3.05) is 13.1 Å². The van der Waals surface area contributed by atoms with Gasteiger partial charge in [-0.15, -0.1) is 24.0 Å². The van der Waals surface area contributed by atoms with E-state index in [1.165, 1.54) is 0 Å². The van der Waals surface area contributed by atoms with Crippen molar-refractivity contribution in [2.45, 2.75) is 45.3 Å². The quantitative estimate of drug-likeness (QED) is 0.363. The highest BCUT2D eigenvalue weighted by atomic mass is 127. The molecule has 0 spiro atoms. The number of hydrogen-bond acceptors (Lipinski definition) is 2. The third kappa shape index (κ3) is 6.12. The molecule has 4 nitrogen and oxygen atoms in total. The van der Waals surface area contributed by atoms with Gasteiger partial charge in [-0.1, -0.05) is 36.2 Å². The second-order valence-electron chi connectivity index (χ2n) is 5.87. The summed E-state index contributed by atoms with van der Waals surface area (Å²) in [5, 5.41) is 17.3. The molecule has 130 valence electrons. The van der Waals surface area contributed by atoms with Gasteiger partial charge in [-0.2, -0.15) is 0 Å². The molecule has 23 heavy (non-hydrogen) atoms. The molecular formula is C17H27ClIN3O. The molecule has 1 aromatic carbocycles. The second kappa shape index (κ2) is 10.4. The Balaban J connectivity index is 0.00000264. The van der Waals surface area contributed by atoms with Gasteiger partial charge in [0.05, 0.1) is 12.1 Å². The lowest BCUT2D eigenvalue weighted by molar-refractivity contribution is 0.136. The van der Waals surface area contributed by atoms with Crippen LogP contribution in [0.2, 0.25) is 5.02 Å². The van der Waals surface area contributed by atoms with Crippen LogP contribution < -0.4 is 10.6 Å². The molecule has 0 bridgehead atoms. The molecule has 0 amide bonds. The van der Waals surface area contributed by atoms with Crippen LogP contribution in [0, 0.1) is 5.92 Å². The average Bonchev–Trinajstić information content (AvgIpc) is 2.90. The summed E-state index contributed by atoms with van der Waals surface area (Å²) in [6.07, 6.45) is 2.86. The van der Waals surface area contributed by atoms with Gasteiger partial charge < -0.3 is 15.7 Å². The zero-order valence-electron chi connectivity index (χ0n) is 13.8. The highest BCUT2D eigenvalue weighted by Crippen LogP contribution is 2.26. The molecule has 1 saturated carbocycles. The molecule has 0 aromatic heterocycles. The van der Waals surface area contributed by atoms with Crippen molar-refractivity contribution in [1.82, 2.24) is 10.6 Å². The van der Waals surface area contributed by atoms with Crippen LogP contribution in [0.3, 0.4) is 0 Å². The Morgan fingerprint density at radius 1 is 1.39 bits per heavy atom. The SMILES string of the molecule is CCNC(=NCC1CCCC1O)NC(C)c1ccccc1Cl.I. The van der Waals surface area contributed by atoms with Crippen molar-refractivity contribution in [2.24, 2.45) is 10.9 Å². The normalized spacial score (nSPS) is 22.3. The van der Waals surface area contributed by atoms with Crippen molar-refractivity contribution >= 4 is 41.5 Å².